The Balaban J connectivity index is 2.09. The van der Waals surface area contributed by atoms with E-state index in [1.165, 1.54) is 0 Å². The number of halogens is 2. The summed E-state index contributed by atoms with van der Waals surface area (Å²) < 4.78 is 16.5. The summed E-state index contributed by atoms with van der Waals surface area (Å²) in [5.74, 6) is -0.409. The van der Waals surface area contributed by atoms with Crippen LogP contribution in [0.15, 0.2) is 57.5 Å². The lowest BCUT2D eigenvalue weighted by molar-refractivity contribution is -0.139. The van der Waals surface area contributed by atoms with Gasteiger partial charge in [0.05, 0.1) is 28.1 Å². The Morgan fingerprint density at radius 3 is 2.68 bits per heavy atom. The van der Waals surface area contributed by atoms with Crippen LogP contribution in [0.5, 0.6) is 0 Å². The number of benzene rings is 1. The van der Waals surface area contributed by atoms with Crippen LogP contribution >= 0.6 is 23.2 Å². The molecule has 6 nitrogen and oxygen atoms in total. The lowest BCUT2D eigenvalue weighted by Gasteiger charge is -2.25. The molecular formula is C20H16Cl2N2O4. The van der Waals surface area contributed by atoms with Crippen LogP contribution in [-0.2, 0) is 14.3 Å². The number of rotatable bonds is 4. The highest BCUT2D eigenvalue weighted by Crippen LogP contribution is 2.41. The Bertz CT molecular complexity index is 1050. The lowest BCUT2D eigenvalue weighted by atomic mass is 9.87. The van der Waals surface area contributed by atoms with Crippen molar-refractivity contribution in [1.82, 2.24) is 0 Å². The monoisotopic (exact) mass is 418 g/mol. The standard InChI is InChI=1S/C20H16Cl2N2O4/c1-3-26-20(25)17-10(2)27-19(24)12(9-23)18(17)16-7-6-15(28-16)11-4-5-13(21)14(22)8-11/h4-8,18H,3,24H2,1-2H3/t18-/m1/s1. The Kier molecular flexibility index (Phi) is 5.68. The summed E-state index contributed by atoms with van der Waals surface area (Å²) in [4.78, 5) is 12.5. The molecule has 1 aliphatic rings. The van der Waals surface area contributed by atoms with Crippen molar-refractivity contribution in [3.63, 3.8) is 0 Å². The number of carbonyl (C=O) groups excluding carboxylic acids is 1. The first kappa shape index (κ1) is 19.9. The molecule has 0 amide bonds. The molecule has 1 atom stereocenters. The minimum absolute atomic E-state index is 0.0729. The number of esters is 1. The SMILES string of the molecule is CCOC(=O)C1=C(C)OC(N)=C(C#N)[C@@H]1c1ccc(-c2ccc(Cl)c(Cl)c2)o1. The molecule has 28 heavy (non-hydrogen) atoms. The molecule has 0 aliphatic carbocycles. The number of ether oxygens (including phenoxy) is 2. The van der Waals surface area contributed by atoms with Crippen LogP contribution in [0.3, 0.4) is 0 Å². The zero-order valence-corrected chi connectivity index (χ0v) is 16.6. The number of nitrogens with two attached hydrogens (primary N) is 1. The van der Waals surface area contributed by atoms with Gasteiger partial charge < -0.3 is 19.6 Å². The van der Waals surface area contributed by atoms with Gasteiger partial charge in [-0.3, -0.25) is 0 Å². The van der Waals surface area contributed by atoms with E-state index in [1.807, 2.05) is 6.07 Å². The van der Waals surface area contributed by atoms with E-state index in [9.17, 15) is 10.1 Å². The van der Waals surface area contributed by atoms with E-state index in [0.717, 1.165) is 0 Å². The third-order valence-corrected chi connectivity index (χ3v) is 4.96. The molecular weight excluding hydrogens is 403 g/mol. The van der Waals surface area contributed by atoms with E-state index in [0.29, 0.717) is 27.1 Å². The molecule has 2 heterocycles. The first-order chi connectivity index (χ1) is 13.4. The third-order valence-electron chi connectivity index (χ3n) is 4.22. The topological polar surface area (TPSA) is 98.5 Å². The summed E-state index contributed by atoms with van der Waals surface area (Å²) in [6, 6.07) is 10.5. The van der Waals surface area contributed by atoms with E-state index in [2.05, 4.69) is 0 Å². The van der Waals surface area contributed by atoms with Crippen LogP contribution < -0.4 is 5.73 Å². The molecule has 1 aromatic carbocycles. The van der Waals surface area contributed by atoms with Crippen LogP contribution in [0.2, 0.25) is 10.0 Å². The van der Waals surface area contributed by atoms with Crippen LogP contribution in [0.25, 0.3) is 11.3 Å². The highest BCUT2D eigenvalue weighted by atomic mass is 35.5. The first-order valence-electron chi connectivity index (χ1n) is 8.38. The maximum Gasteiger partial charge on any atom is 0.338 e. The lowest BCUT2D eigenvalue weighted by Crippen LogP contribution is -2.25. The number of allylic oxidation sites excluding steroid dienone is 2. The van der Waals surface area contributed by atoms with Gasteiger partial charge in [0.2, 0.25) is 5.88 Å². The average molecular weight is 419 g/mol. The van der Waals surface area contributed by atoms with Crippen LogP contribution in [0.4, 0.5) is 0 Å². The Labute approximate surface area is 171 Å². The molecule has 3 rings (SSSR count). The predicted molar refractivity (Wildman–Crippen MR) is 104 cm³/mol. The fraction of sp³-hybridized carbons (Fsp3) is 0.200. The highest BCUT2D eigenvalue weighted by molar-refractivity contribution is 6.42. The highest BCUT2D eigenvalue weighted by Gasteiger charge is 2.38. The van der Waals surface area contributed by atoms with E-state index in [1.54, 1.807) is 44.2 Å². The quantitative estimate of drug-likeness (QED) is 0.708. The van der Waals surface area contributed by atoms with Crippen molar-refractivity contribution >= 4 is 29.2 Å². The zero-order chi connectivity index (χ0) is 20.4. The fourth-order valence-corrected chi connectivity index (χ4v) is 3.25. The number of nitriles is 1. The zero-order valence-electron chi connectivity index (χ0n) is 15.1. The maximum absolute atomic E-state index is 12.5. The molecule has 0 fully saturated rings. The van der Waals surface area contributed by atoms with E-state index in [-0.39, 0.29) is 29.4 Å². The Morgan fingerprint density at radius 1 is 1.29 bits per heavy atom. The van der Waals surface area contributed by atoms with Gasteiger partial charge in [-0.2, -0.15) is 5.26 Å². The molecule has 144 valence electrons. The summed E-state index contributed by atoms with van der Waals surface area (Å²) in [6.07, 6.45) is 0. The molecule has 0 saturated carbocycles. The summed E-state index contributed by atoms with van der Waals surface area (Å²) in [6.45, 7) is 3.45. The number of hydrogen-bond donors (Lipinski definition) is 1. The fourth-order valence-electron chi connectivity index (χ4n) is 2.95. The molecule has 0 bridgehead atoms. The summed E-state index contributed by atoms with van der Waals surface area (Å²) in [5.41, 5.74) is 6.81. The van der Waals surface area contributed by atoms with E-state index < -0.39 is 11.9 Å². The second-order valence-corrected chi connectivity index (χ2v) is 6.76. The largest absolute Gasteiger partial charge is 0.463 e. The number of nitrogens with zero attached hydrogens (tertiary/aromatic N) is 1. The van der Waals surface area contributed by atoms with Crippen molar-refractivity contribution in [1.29, 1.82) is 5.26 Å². The number of furan rings is 1. The van der Waals surface area contributed by atoms with Gasteiger partial charge in [-0.05, 0) is 44.2 Å². The molecule has 1 aliphatic heterocycles. The second-order valence-electron chi connectivity index (χ2n) is 5.95. The summed E-state index contributed by atoms with van der Waals surface area (Å²) in [5, 5.41) is 10.4. The van der Waals surface area contributed by atoms with Crippen molar-refractivity contribution in [2.45, 2.75) is 19.8 Å². The number of hydrogen-bond acceptors (Lipinski definition) is 6. The smallest absolute Gasteiger partial charge is 0.338 e. The van der Waals surface area contributed by atoms with Gasteiger partial charge in [-0.1, -0.05) is 23.2 Å². The van der Waals surface area contributed by atoms with Gasteiger partial charge in [0, 0.05) is 5.56 Å². The second kappa shape index (κ2) is 8.01. The molecule has 2 aromatic rings. The summed E-state index contributed by atoms with van der Waals surface area (Å²) >= 11 is 12.0. The van der Waals surface area contributed by atoms with Crippen LogP contribution in [0, 0.1) is 11.3 Å². The molecule has 0 radical (unpaired) electrons. The molecule has 0 saturated heterocycles. The van der Waals surface area contributed by atoms with Crippen LogP contribution in [-0.4, -0.2) is 12.6 Å². The first-order valence-corrected chi connectivity index (χ1v) is 9.13. The third kappa shape index (κ3) is 3.59. The minimum Gasteiger partial charge on any atom is -0.463 e. The Morgan fingerprint density at radius 2 is 2.04 bits per heavy atom. The van der Waals surface area contributed by atoms with Crippen molar-refractivity contribution in [3.05, 3.63) is 68.9 Å². The molecule has 8 heteroatoms. The molecule has 0 spiro atoms. The van der Waals surface area contributed by atoms with Gasteiger partial charge in [0.1, 0.15) is 28.9 Å². The van der Waals surface area contributed by atoms with Crippen molar-refractivity contribution in [2.24, 2.45) is 5.73 Å². The van der Waals surface area contributed by atoms with Gasteiger partial charge in [0.15, 0.2) is 0 Å². The van der Waals surface area contributed by atoms with Crippen molar-refractivity contribution in [2.75, 3.05) is 6.61 Å². The van der Waals surface area contributed by atoms with Crippen molar-refractivity contribution in [3.8, 4) is 17.4 Å². The maximum atomic E-state index is 12.5. The van der Waals surface area contributed by atoms with Crippen LogP contribution in [0.1, 0.15) is 25.5 Å². The molecule has 1 aromatic heterocycles. The van der Waals surface area contributed by atoms with Gasteiger partial charge in [0.25, 0.3) is 0 Å². The predicted octanol–water partition coefficient (Wildman–Crippen LogP) is 4.90. The normalized spacial score (nSPS) is 16.6. The van der Waals surface area contributed by atoms with Gasteiger partial charge in [-0.15, -0.1) is 0 Å². The molecule has 2 N–H and O–H groups in total. The minimum atomic E-state index is -0.839. The van der Waals surface area contributed by atoms with E-state index in [4.69, 9.17) is 42.8 Å². The van der Waals surface area contributed by atoms with Gasteiger partial charge in [-0.25, -0.2) is 4.79 Å². The number of carbonyl (C=O) groups is 1. The Hall–Kier alpha value is -2.88. The van der Waals surface area contributed by atoms with Crippen molar-refractivity contribution < 1.29 is 18.7 Å². The molecule has 0 unspecified atom stereocenters. The average Bonchev–Trinajstić information content (AvgIpc) is 3.13. The van der Waals surface area contributed by atoms with Gasteiger partial charge >= 0.3 is 5.97 Å². The summed E-state index contributed by atoms with van der Waals surface area (Å²) in [7, 11) is 0. The van der Waals surface area contributed by atoms with E-state index >= 15 is 0 Å².